The first-order chi connectivity index (χ1) is 8.22. The van der Waals surface area contributed by atoms with Gasteiger partial charge in [-0.3, -0.25) is 10.1 Å². The van der Waals surface area contributed by atoms with E-state index in [-0.39, 0.29) is 18.4 Å². The van der Waals surface area contributed by atoms with Crippen LogP contribution < -0.4 is 4.90 Å². The molecule has 1 aromatic rings. The van der Waals surface area contributed by atoms with Gasteiger partial charge in [-0.25, -0.2) is 9.37 Å². The highest BCUT2D eigenvalue weighted by Crippen LogP contribution is 2.29. The summed E-state index contributed by atoms with van der Waals surface area (Å²) in [6, 6.07) is 2.94. The highest BCUT2D eigenvalue weighted by atomic mass is 19.1. The molecule has 0 atom stereocenters. The number of anilines is 1. The summed E-state index contributed by atoms with van der Waals surface area (Å²) in [5, 5.41) is 10.8. The maximum absolute atomic E-state index is 11.9. The van der Waals surface area contributed by atoms with Gasteiger partial charge in [0.2, 0.25) is 5.82 Å². The average Bonchev–Trinajstić information content (AvgIpc) is 2.27. The number of nitrogens with zero attached hydrogens (tertiary/aromatic N) is 3. The predicted octanol–water partition coefficient (Wildman–Crippen LogP) is 1.16. The fourth-order valence-electron chi connectivity index (χ4n) is 1.70. The van der Waals surface area contributed by atoms with Crippen molar-refractivity contribution in [2.24, 2.45) is 0 Å². The fraction of sp³-hybridized carbons (Fsp3) is 0.500. The van der Waals surface area contributed by atoms with Crippen LogP contribution in [0.2, 0.25) is 0 Å². The minimum atomic E-state index is -0.514. The quantitative estimate of drug-likeness (QED) is 0.571. The summed E-state index contributed by atoms with van der Waals surface area (Å²) in [5.74, 6) is 0.345. The summed E-state index contributed by atoms with van der Waals surface area (Å²) >= 11 is 0. The zero-order valence-electron chi connectivity index (χ0n) is 9.08. The molecule has 0 saturated carbocycles. The lowest BCUT2D eigenvalue weighted by Crippen LogP contribution is -2.53. The third-order valence-corrected chi connectivity index (χ3v) is 2.54. The zero-order valence-corrected chi connectivity index (χ0v) is 9.08. The standard InChI is InChI=1S/C10H12FN3O3/c11-3-5-17-8-6-13(7-8)10-9(14(15)16)2-1-4-12-10/h1-2,4,8H,3,5-7H2. The SMILES string of the molecule is O=[N+]([O-])c1cccnc1N1CC(OCCF)C1. The molecule has 0 amide bonds. The van der Waals surface area contributed by atoms with Crippen molar-refractivity contribution in [2.45, 2.75) is 6.10 Å². The third kappa shape index (κ3) is 2.50. The van der Waals surface area contributed by atoms with Crippen molar-refractivity contribution in [3.8, 4) is 0 Å². The van der Waals surface area contributed by atoms with E-state index in [2.05, 4.69) is 4.98 Å². The topological polar surface area (TPSA) is 68.5 Å². The smallest absolute Gasteiger partial charge is 0.311 e. The van der Waals surface area contributed by atoms with Gasteiger partial charge in [0.15, 0.2) is 0 Å². The molecule has 0 radical (unpaired) electrons. The Balaban J connectivity index is 1.99. The molecular formula is C10H12FN3O3. The van der Waals surface area contributed by atoms with Gasteiger partial charge >= 0.3 is 5.69 Å². The molecule has 1 fully saturated rings. The highest BCUT2D eigenvalue weighted by molar-refractivity contribution is 5.58. The van der Waals surface area contributed by atoms with E-state index in [1.54, 1.807) is 4.90 Å². The number of rotatable bonds is 5. The summed E-state index contributed by atoms with van der Waals surface area (Å²) in [5.41, 5.74) is -0.0172. The maximum Gasteiger partial charge on any atom is 0.311 e. The lowest BCUT2D eigenvalue weighted by Gasteiger charge is -2.39. The molecule has 0 bridgehead atoms. The van der Waals surface area contributed by atoms with Gasteiger partial charge in [-0.15, -0.1) is 0 Å². The number of halogens is 1. The number of alkyl halides is 1. The van der Waals surface area contributed by atoms with Crippen LogP contribution in [0.4, 0.5) is 15.9 Å². The van der Waals surface area contributed by atoms with Crippen LogP contribution in [0.3, 0.4) is 0 Å². The minimum absolute atomic E-state index is 0.0172. The van der Waals surface area contributed by atoms with E-state index in [4.69, 9.17) is 4.74 Å². The monoisotopic (exact) mass is 241 g/mol. The largest absolute Gasteiger partial charge is 0.372 e. The van der Waals surface area contributed by atoms with E-state index < -0.39 is 11.6 Å². The number of aromatic nitrogens is 1. The first kappa shape index (κ1) is 11.7. The Morgan fingerprint density at radius 1 is 1.65 bits per heavy atom. The molecular weight excluding hydrogens is 229 g/mol. The number of hydrogen-bond acceptors (Lipinski definition) is 5. The Morgan fingerprint density at radius 3 is 3.06 bits per heavy atom. The van der Waals surface area contributed by atoms with E-state index in [1.165, 1.54) is 18.3 Å². The first-order valence-electron chi connectivity index (χ1n) is 5.24. The van der Waals surface area contributed by atoms with Crippen LogP contribution in [0.15, 0.2) is 18.3 Å². The molecule has 0 aliphatic carbocycles. The van der Waals surface area contributed by atoms with Gasteiger partial charge in [0, 0.05) is 25.4 Å². The van der Waals surface area contributed by atoms with Crippen LogP contribution in [0.25, 0.3) is 0 Å². The molecule has 1 aromatic heterocycles. The second kappa shape index (κ2) is 5.05. The number of pyridine rings is 1. The second-order valence-corrected chi connectivity index (χ2v) is 3.69. The summed E-state index contributed by atoms with van der Waals surface area (Å²) in [6.07, 6.45) is 1.45. The van der Waals surface area contributed by atoms with E-state index in [1.807, 2.05) is 0 Å². The third-order valence-electron chi connectivity index (χ3n) is 2.54. The lowest BCUT2D eigenvalue weighted by molar-refractivity contribution is -0.384. The molecule has 2 heterocycles. The van der Waals surface area contributed by atoms with Crippen molar-refractivity contribution >= 4 is 11.5 Å². The molecule has 0 N–H and O–H groups in total. The van der Waals surface area contributed by atoms with Crippen LogP contribution in [0.5, 0.6) is 0 Å². The van der Waals surface area contributed by atoms with Crippen molar-refractivity contribution in [2.75, 3.05) is 31.3 Å². The van der Waals surface area contributed by atoms with Gasteiger partial charge in [-0.1, -0.05) is 0 Å². The van der Waals surface area contributed by atoms with Gasteiger partial charge in [0.05, 0.1) is 17.6 Å². The molecule has 1 saturated heterocycles. The molecule has 0 aromatic carbocycles. The Hall–Kier alpha value is -1.76. The first-order valence-corrected chi connectivity index (χ1v) is 5.24. The van der Waals surface area contributed by atoms with Crippen molar-refractivity contribution < 1.29 is 14.1 Å². The van der Waals surface area contributed by atoms with Crippen LogP contribution in [-0.2, 0) is 4.74 Å². The molecule has 0 spiro atoms. The Kier molecular flexibility index (Phi) is 3.48. The average molecular weight is 241 g/mol. The van der Waals surface area contributed by atoms with Crippen LogP contribution in [-0.4, -0.2) is 42.4 Å². The zero-order chi connectivity index (χ0) is 12.3. The van der Waals surface area contributed by atoms with Crippen molar-refractivity contribution in [1.29, 1.82) is 0 Å². The van der Waals surface area contributed by atoms with Crippen LogP contribution in [0.1, 0.15) is 0 Å². The summed E-state index contributed by atoms with van der Waals surface area (Å²) in [4.78, 5) is 16.1. The second-order valence-electron chi connectivity index (χ2n) is 3.69. The van der Waals surface area contributed by atoms with E-state index in [9.17, 15) is 14.5 Å². The van der Waals surface area contributed by atoms with E-state index >= 15 is 0 Å². The summed E-state index contributed by atoms with van der Waals surface area (Å²) in [7, 11) is 0. The fourth-order valence-corrected chi connectivity index (χ4v) is 1.70. The minimum Gasteiger partial charge on any atom is -0.372 e. The van der Waals surface area contributed by atoms with Gasteiger partial charge in [0.25, 0.3) is 0 Å². The number of hydrogen-bond donors (Lipinski definition) is 0. The van der Waals surface area contributed by atoms with Crippen LogP contribution >= 0.6 is 0 Å². The lowest BCUT2D eigenvalue weighted by atomic mass is 10.1. The molecule has 6 nitrogen and oxygen atoms in total. The van der Waals surface area contributed by atoms with Gasteiger partial charge < -0.3 is 9.64 Å². The highest BCUT2D eigenvalue weighted by Gasteiger charge is 2.32. The van der Waals surface area contributed by atoms with Crippen molar-refractivity contribution in [3.63, 3.8) is 0 Å². The molecule has 0 unspecified atom stereocenters. The van der Waals surface area contributed by atoms with E-state index in [0.29, 0.717) is 18.9 Å². The molecule has 7 heteroatoms. The molecule has 2 rings (SSSR count). The van der Waals surface area contributed by atoms with Crippen molar-refractivity contribution in [1.82, 2.24) is 4.98 Å². The normalized spacial score (nSPS) is 15.7. The molecule has 92 valence electrons. The van der Waals surface area contributed by atoms with Gasteiger partial charge in [-0.2, -0.15) is 0 Å². The summed E-state index contributed by atoms with van der Waals surface area (Å²) < 4.78 is 17.0. The number of ether oxygens (including phenoxy) is 1. The predicted molar refractivity (Wildman–Crippen MR) is 58.8 cm³/mol. The summed E-state index contributed by atoms with van der Waals surface area (Å²) in [6.45, 7) is 0.582. The Morgan fingerprint density at radius 2 is 2.41 bits per heavy atom. The van der Waals surface area contributed by atoms with Gasteiger partial charge in [-0.05, 0) is 6.07 Å². The molecule has 17 heavy (non-hydrogen) atoms. The Bertz CT molecular complexity index is 410. The number of nitro groups is 1. The molecule has 1 aliphatic heterocycles. The van der Waals surface area contributed by atoms with E-state index in [0.717, 1.165) is 0 Å². The van der Waals surface area contributed by atoms with Crippen LogP contribution in [0, 0.1) is 10.1 Å². The van der Waals surface area contributed by atoms with Gasteiger partial charge in [0.1, 0.15) is 6.67 Å². The maximum atomic E-state index is 11.9. The Labute approximate surface area is 97.2 Å². The molecule has 1 aliphatic rings. The van der Waals surface area contributed by atoms with Crippen molar-refractivity contribution in [3.05, 3.63) is 28.4 Å².